The molecule has 1 amide bonds. The summed E-state index contributed by atoms with van der Waals surface area (Å²) in [6, 6.07) is 30.9. The van der Waals surface area contributed by atoms with Crippen LogP contribution in [-0.4, -0.2) is 133 Å². The number of piperazine rings is 1. The monoisotopic (exact) mass is 1190 g/mol. The van der Waals surface area contributed by atoms with Gasteiger partial charge in [0.05, 0.1) is 41.6 Å². The smallest absolute Gasteiger partial charge is 0.306 e. The highest BCUT2D eigenvalue weighted by Gasteiger charge is 2.34. The van der Waals surface area contributed by atoms with E-state index in [-0.39, 0.29) is 59.3 Å². The van der Waals surface area contributed by atoms with E-state index in [0.29, 0.717) is 46.3 Å². The number of rotatable bonds is 24. The highest BCUT2D eigenvalue weighted by Crippen LogP contribution is 2.38. The van der Waals surface area contributed by atoms with Gasteiger partial charge in [-0.15, -0.1) is 5.10 Å². The highest BCUT2D eigenvalue weighted by molar-refractivity contribution is 7.92. The topological polar surface area (TPSA) is 232 Å². The van der Waals surface area contributed by atoms with Crippen molar-refractivity contribution in [2.24, 2.45) is 7.05 Å². The molecular formula is C60H72ClN11O9S2. The van der Waals surface area contributed by atoms with E-state index in [1.807, 2.05) is 56.3 Å². The number of anilines is 5. The maximum absolute atomic E-state index is 14.0. The van der Waals surface area contributed by atoms with E-state index in [4.69, 9.17) is 25.8 Å². The largest absolute Gasteiger partial charge is 0.488 e. The highest BCUT2D eigenvalue weighted by atomic mass is 35.5. The number of sulfonamides is 1. The van der Waals surface area contributed by atoms with Crippen LogP contribution in [-0.2, 0) is 47.8 Å². The number of halogens is 1. The van der Waals surface area contributed by atoms with Gasteiger partial charge in [-0.1, -0.05) is 72.1 Å². The van der Waals surface area contributed by atoms with Gasteiger partial charge in [0, 0.05) is 63.6 Å². The Balaban J connectivity index is 0.729. The summed E-state index contributed by atoms with van der Waals surface area (Å²) in [6.45, 7) is 14.2. The molecule has 3 N–H and O–H groups in total. The van der Waals surface area contributed by atoms with Crippen LogP contribution in [0, 0.1) is 6.92 Å². The molecule has 23 heteroatoms. The molecule has 0 spiro atoms. The fourth-order valence-corrected chi connectivity index (χ4v) is 13.3. The van der Waals surface area contributed by atoms with Crippen molar-refractivity contribution in [1.82, 2.24) is 39.5 Å². The summed E-state index contributed by atoms with van der Waals surface area (Å²) in [7, 11) is -5.72. The van der Waals surface area contributed by atoms with Crippen molar-refractivity contribution in [3.05, 3.63) is 137 Å². The zero-order valence-corrected chi connectivity index (χ0v) is 50.1. The number of nitrogens with one attached hydrogen (secondary N) is 3. The van der Waals surface area contributed by atoms with E-state index < -0.39 is 43.1 Å². The lowest BCUT2D eigenvalue weighted by Gasteiger charge is -2.36. The first-order valence-electron chi connectivity index (χ1n) is 28.1. The number of sulfone groups is 1. The van der Waals surface area contributed by atoms with Gasteiger partial charge in [-0.2, -0.15) is 9.29 Å². The Morgan fingerprint density at radius 1 is 0.892 bits per heavy atom. The average molecular weight is 1190 g/mol. The Bertz CT molecular complexity index is 3650. The molecule has 7 aromatic rings. The number of aryl methyl sites for hydroxylation is 2. The first kappa shape index (κ1) is 60.2. The Hall–Kier alpha value is -7.37. The first-order valence-corrected chi connectivity index (χ1v) is 31.4. The van der Waals surface area contributed by atoms with Gasteiger partial charge in [-0.25, -0.2) is 26.5 Å². The minimum absolute atomic E-state index is 0.0175. The molecule has 2 unspecified atom stereocenters. The number of esters is 1. The summed E-state index contributed by atoms with van der Waals surface area (Å²) >= 11 is 6.45. The molecule has 0 aliphatic carbocycles. The number of amides is 1. The lowest BCUT2D eigenvalue weighted by Crippen LogP contribution is -2.46. The van der Waals surface area contributed by atoms with Gasteiger partial charge >= 0.3 is 5.97 Å². The quantitative estimate of drug-likeness (QED) is 0.0378. The summed E-state index contributed by atoms with van der Waals surface area (Å²) in [6.07, 6.45) is 4.95. The number of nitrogens with zero attached hydrogens (tertiary/aromatic N) is 8. The molecule has 5 aromatic carbocycles. The van der Waals surface area contributed by atoms with E-state index in [2.05, 4.69) is 58.2 Å². The standard InChI is InChI=1S/C60H72ClN11O9S2/c1-7-79-57(74)35-48(43-21-20-41(4)45(32-43)38-72-37-42(5)81-52-17-11-13-19-55(52)83(72,77)78)44-33-51-58(69(6)68-67-51)53(34-44)80-39-56(73)62-26-14-8-9-15-27-70-28-30-71(31-29-70)47-24-22-46(23-25-47)64-60-63-36-49(61)59(66-60)65-50-16-10-12-18-54(50)82(75,76)40(2)3/h10-13,16-25,32-34,36,40,42,48H,7-9,14-15,26-31,35,37-39H2,1-6H3,(H,62,73)(H2,63,64,65,66). The molecular weight excluding hydrogens is 1120 g/mol. The molecule has 2 aliphatic heterocycles. The molecule has 0 saturated carbocycles. The van der Waals surface area contributed by atoms with Crippen molar-refractivity contribution in [2.75, 3.05) is 74.6 Å². The predicted octanol–water partition coefficient (Wildman–Crippen LogP) is 9.32. The second-order valence-corrected chi connectivity index (χ2v) is 26.0. The third-order valence-corrected chi connectivity index (χ3v) is 19.2. The predicted molar refractivity (Wildman–Crippen MR) is 321 cm³/mol. The molecule has 2 atom stereocenters. The number of aromatic nitrogens is 5. The van der Waals surface area contributed by atoms with Gasteiger partial charge in [-0.05, 0) is 137 Å². The SMILES string of the molecule is CCOC(=O)CC(c1ccc(C)c(CN2CC(C)Oc3ccccc3S2(=O)=O)c1)c1cc(OCC(=O)NCCCCCCN2CCN(c3ccc(Nc4ncc(Cl)c(Nc5ccccc5S(=O)(=O)C(C)C)n4)cc3)CC2)c2c(c1)nnn2C. The van der Waals surface area contributed by atoms with Gasteiger partial charge in [0.1, 0.15) is 38.6 Å². The van der Waals surface area contributed by atoms with Crippen molar-refractivity contribution in [2.45, 2.75) is 100 Å². The number of hydrogen-bond acceptors (Lipinski definition) is 17. The normalized spacial score (nSPS) is 16.0. The van der Waals surface area contributed by atoms with Gasteiger partial charge in [0.2, 0.25) is 16.0 Å². The number of unbranched alkanes of at least 4 members (excludes halogenated alkanes) is 3. The van der Waals surface area contributed by atoms with Crippen LogP contribution in [0.3, 0.4) is 0 Å². The van der Waals surface area contributed by atoms with Crippen LogP contribution in [0.2, 0.25) is 5.02 Å². The third-order valence-electron chi connectivity index (χ3n) is 14.9. The second kappa shape index (κ2) is 26.9. The summed E-state index contributed by atoms with van der Waals surface area (Å²) in [5.41, 5.74) is 6.52. The van der Waals surface area contributed by atoms with Gasteiger partial charge in [0.15, 0.2) is 22.3 Å². The number of hydrogen-bond donors (Lipinski definition) is 3. The van der Waals surface area contributed by atoms with Gasteiger partial charge in [0.25, 0.3) is 5.91 Å². The molecule has 0 bridgehead atoms. The number of carbonyl (C=O) groups is 2. The molecule has 4 heterocycles. The lowest BCUT2D eigenvalue weighted by molar-refractivity contribution is -0.143. The summed E-state index contributed by atoms with van der Waals surface area (Å²) in [4.78, 5) is 40.6. The van der Waals surface area contributed by atoms with Crippen molar-refractivity contribution in [1.29, 1.82) is 0 Å². The number of carbonyl (C=O) groups excluding carboxylic acids is 2. The van der Waals surface area contributed by atoms with E-state index in [9.17, 15) is 26.4 Å². The van der Waals surface area contributed by atoms with Crippen LogP contribution in [0.25, 0.3) is 11.0 Å². The summed E-state index contributed by atoms with van der Waals surface area (Å²) < 4.78 is 74.8. The van der Waals surface area contributed by atoms with E-state index in [1.54, 1.807) is 81.0 Å². The molecule has 2 aliphatic rings. The zero-order chi connectivity index (χ0) is 58.8. The Labute approximate surface area is 490 Å². The Morgan fingerprint density at radius 3 is 2.41 bits per heavy atom. The fraction of sp³-hybridized carbons (Fsp3) is 0.400. The first-order chi connectivity index (χ1) is 39.9. The summed E-state index contributed by atoms with van der Waals surface area (Å²) in [5, 5.41) is 17.6. The van der Waals surface area contributed by atoms with Crippen LogP contribution in [0.5, 0.6) is 11.5 Å². The van der Waals surface area contributed by atoms with Crippen molar-refractivity contribution < 1.29 is 40.6 Å². The van der Waals surface area contributed by atoms with E-state index in [1.165, 1.54) is 10.5 Å². The maximum atomic E-state index is 14.0. The van der Waals surface area contributed by atoms with Crippen LogP contribution < -0.4 is 30.3 Å². The van der Waals surface area contributed by atoms with Gasteiger partial charge in [-0.3, -0.25) is 14.5 Å². The zero-order valence-electron chi connectivity index (χ0n) is 47.7. The molecule has 0 radical (unpaired) electrons. The molecule has 440 valence electrons. The van der Waals surface area contributed by atoms with E-state index in [0.717, 1.165) is 86.5 Å². The lowest BCUT2D eigenvalue weighted by atomic mass is 9.86. The van der Waals surface area contributed by atoms with Crippen LogP contribution in [0.4, 0.5) is 28.8 Å². The molecule has 20 nitrogen and oxygen atoms in total. The number of fused-ring (bicyclic) bond motifs is 2. The molecule has 83 heavy (non-hydrogen) atoms. The molecule has 1 saturated heterocycles. The van der Waals surface area contributed by atoms with Gasteiger partial charge < -0.3 is 35.1 Å². The third kappa shape index (κ3) is 14.7. The molecule has 9 rings (SSSR count). The van der Waals surface area contributed by atoms with Crippen LogP contribution in [0.15, 0.2) is 119 Å². The van der Waals surface area contributed by atoms with Crippen LogP contribution in [0.1, 0.15) is 88.0 Å². The van der Waals surface area contributed by atoms with Crippen molar-refractivity contribution in [3.63, 3.8) is 0 Å². The molecule has 2 aromatic heterocycles. The van der Waals surface area contributed by atoms with Crippen molar-refractivity contribution >= 4 is 83.2 Å². The number of ether oxygens (including phenoxy) is 3. The minimum atomic E-state index is -3.91. The number of para-hydroxylation sites is 2. The Kier molecular flexibility index (Phi) is 19.5. The molecule has 1 fully saturated rings. The maximum Gasteiger partial charge on any atom is 0.306 e. The average Bonchev–Trinajstić information content (AvgIpc) is 3.86. The Morgan fingerprint density at radius 2 is 1.64 bits per heavy atom. The summed E-state index contributed by atoms with van der Waals surface area (Å²) in [5.74, 6) is 0.0739. The minimum Gasteiger partial charge on any atom is -0.488 e. The van der Waals surface area contributed by atoms with Crippen LogP contribution >= 0.6 is 11.6 Å². The van der Waals surface area contributed by atoms with E-state index >= 15 is 0 Å². The number of benzene rings is 5. The van der Waals surface area contributed by atoms with Crippen molar-refractivity contribution in [3.8, 4) is 11.5 Å². The second-order valence-electron chi connectivity index (χ2n) is 21.2. The fourth-order valence-electron chi connectivity index (χ4n) is 10.3.